The lowest BCUT2D eigenvalue weighted by atomic mass is 10.0. The van der Waals surface area contributed by atoms with Crippen LogP contribution in [0.25, 0.3) is 0 Å². The molecule has 24 heavy (non-hydrogen) atoms. The summed E-state index contributed by atoms with van der Waals surface area (Å²) in [6.45, 7) is 0.424. The number of nitrogens with one attached hydrogen (secondary N) is 1. The van der Waals surface area contributed by atoms with Crippen LogP contribution in [0.4, 0.5) is 0 Å². The molecule has 2 aromatic carbocycles. The third-order valence-corrected chi connectivity index (χ3v) is 4.93. The zero-order valence-corrected chi connectivity index (χ0v) is 14.0. The van der Waals surface area contributed by atoms with Crippen LogP contribution < -0.4 is 5.32 Å². The molecule has 0 bridgehead atoms. The lowest BCUT2D eigenvalue weighted by Crippen LogP contribution is -2.24. The smallest absolute Gasteiger partial charge is 0.230 e. The van der Waals surface area contributed by atoms with Gasteiger partial charge in [-0.1, -0.05) is 60.7 Å². The molecule has 1 N–H and O–H groups in total. The van der Waals surface area contributed by atoms with Gasteiger partial charge in [0.05, 0.1) is 23.8 Å². The Labute approximate surface area is 146 Å². The highest BCUT2D eigenvalue weighted by atomic mass is 32.2. The number of carbonyl (C=O) groups excluding carboxylic acids is 1. The molecule has 1 amide bonds. The summed E-state index contributed by atoms with van der Waals surface area (Å²) in [6.07, 6.45) is 1.61. The first-order valence-corrected chi connectivity index (χ1v) is 8.88. The molecule has 3 nitrogen and oxygen atoms in total. The second-order valence-corrected chi connectivity index (χ2v) is 6.46. The van der Waals surface area contributed by atoms with Gasteiger partial charge in [-0.05, 0) is 23.3 Å². The Morgan fingerprint density at radius 1 is 0.917 bits per heavy atom. The zero-order valence-electron chi connectivity index (χ0n) is 13.2. The first kappa shape index (κ1) is 16.4. The maximum absolute atomic E-state index is 12.1. The van der Waals surface area contributed by atoms with Gasteiger partial charge in [0.1, 0.15) is 5.76 Å². The number of thioether (sulfide) groups is 1. The van der Waals surface area contributed by atoms with Crippen LogP contribution in [0.1, 0.15) is 22.1 Å². The minimum Gasteiger partial charge on any atom is -0.467 e. The number of benzene rings is 2. The number of furan rings is 1. The van der Waals surface area contributed by atoms with Crippen LogP contribution in [-0.2, 0) is 11.3 Å². The molecule has 3 rings (SSSR count). The minimum absolute atomic E-state index is 0.00765. The molecule has 122 valence electrons. The van der Waals surface area contributed by atoms with Crippen LogP contribution in [0, 0.1) is 0 Å². The van der Waals surface area contributed by atoms with Gasteiger partial charge >= 0.3 is 0 Å². The van der Waals surface area contributed by atoms with E-state index in [1.165, 1.54) is 11.1 Å². The Balaban J connectivity index is 1.63. The quantitative estimate of drug-likeness (QED) is 0.694. The predicted octanol–water partition coefficient (Wildman–Crippen LogP) is 4.42. The largest absolute Gasteiger partial charge is 0.467 e. The molecule has 1 heterocycles. The maximum Gasteiger partial charge on any atom is 0.230 e. The normalized spacial score (nSPS) is 10.7. The van der Waals surface area contributed by atoms with E-state index in [9.17, 15) is 4.79 Å². The zero-order chi connectivity index (χ0) is 16.6. The number of carbonyl (C=O) groups is 1. The summed E-state index contributed by atoms with van der Waals surface area (Å²) in [5.74, 6) is 1.17. The van der Waals surface area contributed by atoms with Gasteiger partial charge in [-0.15, -0.1) is 11.8 Å². The van der Waals surface area contributed by atoms with E-state index in [2.05, 4.69) is 29.6 Å². The Bertz CT molecular complexity index is 702. The molecule has 1 aromatic heterocycles. The fraction of sp³-hybridized carbons (Fsp3) is 0.150. The third-order valence-electron chi connectivity index (χ3n) is 3.63. The van der Waals surface area contributed by atoms with E-state index in [0.29, 0.717) is 12.3 Å². The Morgan fingerprint density at radius 3 is 2.08 bits per heavy atom. The van der Waals surface area contributed by atoms with E-state index >= 15 is 0 Å². The van der Waals surface area contributed by atoms with Crippen molar-refractivity contribution >= 4 is 17.7 Å². The van der Waals surface area contributed by atoms with Crippen molar-refractivity contribution < 1.29 is 9.21 Å². The first-order valence-electron chi connectivity index (χ1n) is 7.83. The maximum atomic E-state index is 12.1. The van der Waals surface area contributed by atoms with Crippen molar-refractivity contribution in [2.45, 2.75) is 11.8 Å². The average molecular weight is 337 g/mol. The highest BCUT2D eigenvalue weighted by Gasteiger charge is 2.16. The lowest BCUT2D eigenvalue weighted by molar-refractivity contribution is -0.118. The van der Waals surface area contributed by atoms with Crippen LogP contribution in [0.5, 0.6) is 0 Å². The van der Waals surface area contributed by atoms with Gasteiger partial charge in [-0.3, -0.25) is 4.79 Å². The summed E-state index contributed by atoms with van der Waals surface area (Å²) in [7, 11) is 0. The molecule has 0 unspecified atom stereocenters. The van der Waals surface area contributed by atoms with Crippen molar-refractivity contribution in [1.82, 2.24) is 5.32 Å². The van der Waals surface area contributed by atoms with Crippen molar-refractivity contribution in [2.75, 3.05) is 5.75 Å². The lowest BCUT2D eigenvalue weighted by Gasteiger charge is -2.17. The fourth-order valence-electron chi connectivity index (χ4n) is 2.45. The van der Waals surface area contributed by atoms with Crippen LogP contribution in [0.2, 0.25) is 0 Å². The molecular formula is C20H19NO2S. The molecule has 0 aliphatic carbocycles. The molecule has 0 saturated heterocycles. The first-order chi connectivity index (χ1) is 11.8. The molecule has 0 aliphatic heterocycles. The summed E-state index contributed by atoms with van der Waals surface area (Å²) in [5.41, 5.74) is 2.40. The van der Waals surface area contributed by atoms with Crippen molar-refractivity contribution in [2.24, 2.45) is 0 Å². The molecule has 0 aliphatic rings. The van der Waals surface area contributed by atoms with Crippen LogP contribution in [0.15, 0.2) is 83.5 Å². The molecule has 4 heteroatoms. The Kier molecular flexibility index (Phi) is 5.75. The molecule has 3 aromatic rings. The van der Waals surface area contributed by atoms with Gasteiger partial charge < -0.3 is 9.73 Å². The van der Waals surface area contributed by atoms with Crippen molar-refractivity contribution in [3.8, 4) is 0 Å². The van der Waals surface area contributed by atoms with Crippen molar-refractivity contribution in [3.63, 3.8) is 0 Å². The van der Waals surface area contributed by atoms with E-state index in [1.54, 1.807) is 18.0 Å². The second kappa shape index (κ2) is 8.41. The van der Waals surface area contributed by atoms with E-state index in [4.69, 9.17) is 4.42 Å². The van der Waals surface area contributed by atoms with Crippen LogP contribution in [-0.4, -0.2) is 11.7 Å². The van der Waals surface area contributed by atoms with E-state index in [1.807, 2.05) is 48.5 Å². The van der Waals surface area contributed by atoms with Crippen molar-refractivity contribution in [3.05, 3.63) is 95.9 Å². The van der Waals surface area contributed by atoms with Gasteiger partial charge in [-0.25, -0.2) is 0 Å². The summed E-state index contributed by atoms with van der Waals surface area (Å²) in [4.78, 5) is 12.1. The molecule has 0 fully saturated rings. The van der Waals surface area contributed by atoms with E-state index in [-0.39, 0.29) is 11.2 Å². The van der Waals surface area contributed by atoms with Gasteiger partial charge in [0.15, 0.2) is 0 Å². The Hall–Kier alpha value is -2.46. The highest BCUT2D eigenvalue weighted by Crippen LogP contribution is 2.35. The molecule has 0 spiro atoms. The van der Waals surface area contributed by atoms with Crippen LogP contribution in [0.3, 0.4) is 0 Å². The summed E-state index contributed by atoms with van der Waals surface area (Å²) in [5, 5.41) is 3.03. The van der Waals surface area contributed by atoms with Gasteiger partial charge in [-0.2, -0.15) is 0 Å². The van der Waals surface area contributed by atoms with Crippen LogP contribution >= 0.6 is 11.8 Å². The monoisotopic (exact) mass is 337 g/mol. The average Bonchev–Trinajstić information content (AvgIpc) is 3.16. The molecule has 0 radical (unpaired) electrons. The number of hydrogen-bond donors (Lipinski definition) is 1. The summed E-state index contributed by atoms with van der Waals surface area (Å²) in [6, 6.07) is 24.2. The SMILES string of the molecule is O=C(CSC(c1ccccc1)c1ccccc1)NCc1ccco1. The second-order valence-electron chi connectivity index (χ2n) is 5.37. The minimum atomic E-state index is 0.00765. The standard InChI is InChI=1S/C20H19NO2S/c22-19(21-14-18-12-7-13-23-18)15-24-20(16-8-3-1-4-9-16)17-10-5-2-6-11-17/h1-13,20H,14-15H2,(H,21,22). The summed E-state index contributed by atoms with van der Waals surface area (Å²) < 4.78 is 5.23. The summed E-state index contributed by atoms with van der Waals surface area (Å²) >= 11 is 1.63. The highest BCUT2D eigenvalue weighted by molar-refractivity contribution is 8.00. The van der Waals surface area contributed by atoms with E-state index in [0.717, 1.165) is 5.76 Å². The van der Waals surface area contributed by atoms with Gasteiger partial charge in [0.2, 0.25) is 5.91 Å². The van der Waals surface area contributed by atoms with E-state index < -0.39 is 0 Å². The molecule has 0 atom stereocenters. The van der Waals surface area contributed by atoms with Gasteiger partial charge in [0, 0.05) is 0 Å². The van der Waals surface area contributed by atoms with Gasteiger partial charge in [0.25, 0.3) is 0 Å². The predicted molar refractivity (Wildman–Crippen MR) is 97.7 cm³/mol. The Morgan fingerprint density at radius 2 is 1.54 bits per heavy atom. The van der Waals surface area contributed by atoms with Crippen molar-refractivity contribution in [1.29, 1.82) is 0 Å². The number of rotatable bonds is 7. The number of amides is 1. The third kappa shape index (κ3) is 4.52. The fourth-order valence-corrected chi connectivity index (χ4v) is 3.57. The molecule has 0 saturated carbocycles. The topological polar surface area (TPSA) is 42.2 Å². The molecular weight excluding hydrogens is 318 g/mol. The number of hydrogen-bond acceptors (Lipinski definition) is 3.